The van der Waals surface area contributed by atoms with Crippen molar-refractivity contribution in [2.75, 3.05) is 13.7 Å². The number of benzene rings is 1. The van der Waals surface area contributed by atoms with Gasteiger partial charge in [0.2, 0.25) is 5.91 Å². The summed E-state index contributed by atoms with van der Waals surface area (Å²) in [6.07, 6.45) is 3.63. The van der Waals surface area contributed by atoms with Gasteiger partial charge in [0.05, 0.1) is 30.2 Å². The molecular formula is C16H22ClNO3. The standard InChI is InChI=1S/C16H22ClNO3/c1-18(13-7-3-4-8-14(13)19)16(20)10-11-21-15-9-5-2-6-12(15)17/h2,5-6,9,13-14,19H,3-4,7-8,10-11H2,1H3. The topological polar surface area (TPSA) is 49.8 Å². The Balaban J connectivity index is 1.80. The van der Waals surface area contributed by atoms with E-state index in [1.807, 2.05) is 12.1 Å². The van der Waals surface area contributed by atoms with Crippen LogP contribution in [0, 0.1) is 0 Å². The van der Waals surface area contributed by atoms with Crippen molar-refractivity contribution in [2.45, 2.75) is 44.2 Å². The van der Waals surface area contributed by atoms with Gasteiger partial charge in [-0.1, -0.05) is 36.6 Å². The van der Waals surface area contributed by atoms with E-state index in [-0.39, 0.29) is 25.0 Å². The number of rotatable bonds is 5. The van der Waals surface area contributed by atoms with Crippen LogP contribution in [0.25, 0.3) is 0 Å². The first-order valence-corrected chi connectivity index (χ1v) is 7.78. The minimum atomic E-state index is -0.405. The van der Waals surface area contributed by atoms with Crippen molar-refractivity contribution in [2.24, 2.45) is 0 Å². The molecule has 2 atom stereocenters. The lowest BCUT2D eigenvalue weighted by Crippen LogP contribution is -2.46. The summed E-state index contributed by atoms with van der Waals surface area (Å²) in [6.45, 7) is 0.287. The second-order valence-corrected chi connectivity index (χ2v) is 5.86. The van der Waals surface area contributed by atoms with Crippen molar-refractivity contribution >= 4 is 17.5 Å². The predicted octanol–water partition coefficient (Wildman–Crippen LogP) is 2.87. The molecule has 1 aromatic rings. The lowest BCUT2D eigenvalue weighted by molar-refractivity contribution is -0.135. The highest BCUT2D eigenvalue weighted by molar-refractivity contribution is 6.32. The molecule has 1 aromatic carbocycles. The van der Waals surface area contributed by atoms with Gasteiger partial charge < -0.3 is 14.7 Å². The number of carbonyl (C=O) groups excluding carboxylic acids is 1. The molecule has 1 fully saturated rings. The predicted molar refractivity (Wildman–Crippen MR) is 82.6 cm³/mol. The Bertz CT molecular complexity index is 480. The molecule has 1 N–H and O–H groups in total. The molecule has 21 heavy (non-hydrogen) atoms. The zero-order chi connectivity index (χ0) is 15.2. The molecule has 1 saturated carbocycles. The van der Waals surface area contributed by atoms with Crippen LogP contribution in [0.15, 0.2) is 24.3 Å². The molecule has 0 aromatic heterocycles. The highest BCUT2D eigenvalue weighted by Crippen LogP contribution is 2.24. The monoisotopic (exact) mass is 311 g/mol. The summed E-state index contributed by atoms with van der Waals surface area (Å²) in [5.74, 6) is 0.584. The molecule has 2 rings (SSSR count). The Hall–Kier alpha value is -1.26. The Morgan fingerprint density at radius 3 is 2.81 bits per heavy atom. The van der Waals surface area contributed by atoms with Crippen LogP contribution >= 0.6 is 11.6 Å². The third kappa shape index (κ3) is 4.35. The molecule has 5 heteroatoms. The lowest BCUT2D eigenvalue weighted by Gasteiger charge is -2.35. The summed E-state index contributed by atoms with van der Waals surface area (Å²) < 4.78 is 5.53. The number of nitrogens with zero attached hydrogens (tertiary/aromatic N) is 1. The van der Waals surface area contributed by atoms with Crippen molar-refractivity contribution in [3.63, 3.8) is 0 Å². The first-order valence-electron chi connectivity index (χ1n) is 7.40. The highest BCUT2D eigenvalue weighted by Gasteiger charge is 2.29. The van der Waals surface area contributed by atoms with Crippen molar-refractivity contribution in [3.05, 3.63) is 29.3 Å². The average Bonchev–Trinajstić information content (AvgIpc) is 2.49. The Morgan fingerprint density at radius 2 is 2.10 bits per heavy atom. The van der Waals surface area contributed by atoms with Crippen LogP contribution in [0.1, 0.15) is 32.1 Å². The van der Waals surface area contributed by atoms with E-state index in [0.29, 0.717) is 10.8 Å². The van der Waals surface area contributed by atoms with Gasteiger partial charge >= 0.3 is 0 Å². The molecule has 0 saturated heterocycles. The SMILES string of the molecule is CN(C(=O)CCOc1ccccc1Cl)C1CCCCC1O. The number of ether oxygens (including phenoxy) is 1. The number of hydrogen-bond acceptors (Lipinski definition) is 3. The molecular weight excluding hydrogens is 290 g/mol. The van der Waals surface area contributed by atoms with E-state index < -0.39 is 6.10 Å². The van der Waals surface area contributed by atoms with Crippen LogP contribution in [-0.2, 0) is 4.79 Å². The number of aliphatic hydroxyl groups is 1. The quantitative estimate of drug-likeness (QED) is 0.909. The third-order valence-corrected chi connectivity index (χ3v) is 4.31. The first-order chi connectivity index (χ1) is 10.1. The van der Waals surface area contributed by atoms with Gasteiger partial charge in [-0.15, -0.1) is 0 Å². The van der Waals surface area contributed by atoms with Gasteiger partial charge in [0.15, 0.2) is 0 Å². The van der Waals surface area contributed by atoms with Crippen LogP contribution < -0.4 is 4.74 Å². The van der Waals surface area contributed by atoms with E-state index in [1.165, 1.54) is 0 Å². The normalized spacial score (nSPS) is 21.9. The fraction of sp³-hybridized carbons (Fsp3) is 0.562. The van der Waals surface area contributed by atoms with Crippen LogP contribution in [-0.4, -0.2) is 41.7 Å². The molecule has 0 heterocycles. The minimum absolute atomic E-state index is 0.00648. The number of halogens is 1. The van der Waals surface area contributed by atoms with Crippen molar-refractivity contribution in [1.29, 1.82) is 0 Å². The van der Waals surface area contributed by atoms with Crippen LogP contribution in [0.4, 0.5) is 0 Å². The Labute approximate surface area is 130 Å². The summed E-state index contributed by atoms with van der Waals surface area (Å²) in [7, 11) is 1.76. The van der Waals surface area contributed by atoms with E-state index in [2.05, 4.69) is 0 Å². The maximum absolute atomic E-state index is 12.2. The van der Waals surface area contributed by atoms with Crippen LogP contribution in [0.3, 0.4) is 0 Å². The second kappa shape index (κ2) is 7.66. The Kier molecular flexibility index (Phi) is 5.88. The number of carbonyl (C=O) groups is 1. The van der Waals surface area contributed by atoms with E-state index in [1.54, 1.807) is 24.1 Å². The maximum Gasteiger partial charge on any atom is 0.226 e. The summed E-state index contributed by atoms with van der Waals surface area (Å²) in [6, 6.07) is 7.14. The maximum atomic E-state index is 12.2. The van der Waals surface area contributed by atoms with E-state index in [0.717, 1.165) is 25.7 Å². The number of likely N-dealkylation sites (N-methyl/N-ethyl adjacent to an activating group) is 1. The fourth-order valence-corrected chi connectivity index (χ4v) is 2.91. The lowest BCUT2D eigenvalue weighted by atomic mass is 9.91. The molecule has 0 bridgehead atoms. The van der Waals surface area contributed by atoms with Gasteiger partial charge in [0.1, 0.15) is 5.75 Å². The number of aliphatic hydroxyl groups excluding tert-OH is 1. The summed E-state index contributed by atoms with van der Waals surface area (Å²) >= 11 is 5.99. The zero-order valence-corrected chi connectivity index (χ0v) is 13.1. The van der Waals surface area contributed by atoms with Gasteiger partial charge in [0.25, 0.3) is 0 Å². The molecule has 1 aliphatic carbocycles. The Morgan fingerprint density at radius 1 is 1.38 bits per heavy atom. The second-order valence-electron chi connectivity index (χ2n) is 5.45. The fourth-order valence-electron chi connectivity index (χ4n) is 2.71. The molecule has 116 valence electrons. The van der Waals surface area contributed by atoms with Gasteiger partial charge in [-0.2, -0.15) is 0 Å². The third-order valence-electron chi connectivity index (χ3n) is 3.99. The largest absolute Gasteiger partial charge is 0.491 e. The molecule has 1 aliphatic rings. The van der Waals surface area contributed by atoms with Gasteiger partial charge in [-0.05, 0) is 25.0 Å². The molecule has 1 amide bonds. The van der Waals surface area contributed by atoms with Gasteiger partial charge in [-0.25, -0.2) is 0 Å². The average molecular weight is 312 g/mol. The number of para-hydroxylation sites is 1. The molecule has 2 unspecified atom stereocenters. The molecule has 0 radical (unpaired) electrons. The van der Waals surface area contributed by atoms with Crippen LogP contribution in [0.5, 0.6) is 5.75 Å². The van der Waals surface area contributed by atoms with E-state index in [9.17, 15) is 9.90 Å². The summed E-state index contributed by atoms with van der Waals surface area (Å²) in [5, 5.41) is 10.5. The summed E-state index contributed by atoms with van der Waals surface area (Å²) in [5.41, 5.74) is 0. The minimum Gasteiger partial charge on any atom is -0.491 e. The van der Waals surface area contributed by atoms with Crippen molar-refractivity contribution < 1.29 is 14.6 Å². The van der Waals surface area contributed by atoms with Crippen LogP contribution in [0.2, 0.25) is 5.02 Å². The zero-order valence-electron chi connectivity index (χ0n) is 12.3. The van der Waals surface area contributed by atoms with Crippen molar-refractivity contribution in [3.8, 4) is 5.75 Å². The van der Waals surface area contributed by atoms with E-state index >= 15 is 0 Å². The molecule has 4 nitrogen and oxygen atoms in total. The van der Waals surface area contributed by atoms with E-state index in [4.69, 9.17) is 16.3 Å². The van der Waals surface area contributed by atoms with Gasteiger partial charge in [0, 0.05) is 7.05 Å². The smallest absolute Gasteiger partial charge is 0.226 e. The highest BCUT2D eigenvalue weighted by atomic mass is 35.5. The summed E-state index contributed by atoms with van der Waals surface area (Å²) in [4.78, 5) is 13.8. The first kappa shape index (κ1) is 16.1. The number of hydrogen-bond donors (Lipinski definition) is 1. The molecule has 0 aliphatic heterocycles. The van der Waals surface area contributed by atoms with Crippen molar-refractivity contribution in [1.82, 2.24) is 4.90 Å². The van der Waals surface area contributed by atoms with Gasteiger partial charge in [-0.3, -0.25) is 4.79 Å². The number of amides is 1. The molecule has 0 spiro atoms.